The summed E-state index contributed by atoms with van der Waals surface area (Å²) in [7, 11) is 5.55. The van der Waals surface area contributed by atoms with E-state index >= 15 is 0 Å². The van der Waals surface area contributed by atoms with Gasteiger partial charge in [0.25, 0.3) is 0 Å². The average molecular weight is 1860 g/mol. The topological polar surface area (TPSA) is 155 Å². The third-order valence-electron chi connectivity index (χ3n) is 34.4. The Kier molecular flexibility index (Phi) is 55.3. The summed E-state index contributed by atoms with van der Waals surface area (Å²) in [6, 6.07) is 0. The second kappa shape index (κ2) is 57.8. The van der Waals surface area contributed by atoms with Gasteiger partial charge in [0.15, 0.2) is 0 Å². The first-order chi connectivity index (χ1) is 60.5. The van der Waals surface area contributed by atoms with Gasteiger partial charge in [0.1, 0.15) is 0 Å². The molecule has 0 aromatic carbocycles. The van der Waals surface area contributed by atoms with Crippen LogP contribution in [0.4, 0.5) is 0 Å². The van der Waals surface area contributed by atoms with Gasteiger partial charge in [-0.05, 0) is 242 Å². The predicted octanol–water partition coefficient (Wildman–Crippen LogP) is 27.5. The molecule has 0 radical (unpaired) electrons. The summed E-state index contributed by atoms with van der Waals surface area (Å²) < 4.78 is 4.98. The molecule has 7 aliphatic heterocycles. The molecule has 8 atom stereocenters. The predicted molar refractivity (Wildman–Crippen MR) is 565 cm³/mol. The van der Waals surface area contributed by atoms with E-state index in [0.29, 0.717) is 112 Å². The Labute approximate surface area is 820 Å². The summed E-state index contributed by atoms with van der Waals surface area (Å²) in [5.41, 5.74) is 2.97. The van der Waals surface area contributed by atoms with Crippen LogP contribution < -0.4 is 0 Å². The first-order valence-electron chi connectivity index (χ1n) is 54.6. The number of carbonyl (C=O) groups excluding carboxylic acids is 7. The molecule has 16 heteroatoms. The van der Waals surface area contributed by atoms with E-state index in [0.717, 1.165) is 212 Å². The molecule has 16 nitrogen and oxygen atoms in total. The SMILES string of the molecule is CC(C)C(=O)N1CCC([C@@H](C)C(C)(C)C)CC1.CC(C1CCN(C(=O)CN(C)C)CC1)C(C)(C)C.CCC(=O)N1CCC(C(C)C(C)(C)C)CC1.CCC(=O)N1CCC([C@@H](C)C(C)(C)C)CC1.CCC(=O)N1CCC([C@@H](C)C(C)(C)C)CC1.CCC(C1CCN(C(=O)CCOC)CC1)C(C)(C)C.C[C@H](C1CCCCC1)C(C)(C)C.C[C@H](C1CCN(C(=O)C(C)(C)C)CC1)C(C)(C)C. The molecule has 1 aliphatic carbocycles. The number of rotatable bonds is 18. The van der Waals surface area contributed by atoms with Crippen molar-refractivity contribution in [3.05, 3.63) is 0 Å². The summed E-state index contributed by atoms with van der Waals surface area (Å²) in [5.74, 6) is 14.9. The van der Waals surface area contributed by atoms with Crippen LogP contribution in [-0.4, -0.2) is 207 Å². The number of piperidine rings is 7. The largest absolute Gasteiger partial charge is 0.384 e. The molecule has 7 amide bonds. The van der Waals surface area contributed by atoms with Gasteiger partial charge in [0, 0.05) is 129 Å². The second-order valence-electron chi connectivity index (χ2n) is 53.2. The zero-order valence-electron chi connectivity index (χ0n) is 95.9. The molecule has 778 valence electrons. The molecular formula is C116H226N8O8. The minimum absolute atomic E-state index is 0.145. The second-order valence-corrected chi connectivity index (χ2v) is 53.2. The van der Waals surface area contributed by atoms with Crippen LogP contribution in [0.15, 0.2) is 0 Å². The highest BCUT2D eigenvalue weighted by Gasteiger charge is 2.41. The first-order valence-corrected chi connectivity index (χ1v) is 54.6. The Hall–Kier alpha value is -3.79. The van der Waals surface area contributed by atoms with Crippen molar-refractivity contribution < 1.29 is 38.3 Å². The Balaban J connectivity index is 0.000000756. The van der Waals surface area contributed by atoms with Crippen molar-refractivity contribution in [1.82, 2.24) is 39.2 Å². The minimum atomic E-state index is -0.234. The zero-order chi connectivity index (χ0) is 102. The maximum absolute atomic E-state index is 12.2. The van der Waals surface area contributed by atoms with Crippen LogP contribution in [0, 0.1) is 149 Å². The number of ether oxygens (including phenoxy) is 1. The zero-order valence-corrected chi connectivity index (χ0v) is 95.9. The number of methoxy groups -OCH3 is 1. The first kappa shape index (κ1) is 126. The van der Waals surface area contributed by atoms with Crippen LogP contribution in [-0.2, 0) is 38.3 Å². The van der Waals surface area contributed by atoms with E-state index in [2.05, 4.69) is 231 Å². The third kappa shape index (κ3) is 45.6. The molecule has 0 N–H and O–H groups in total. The highest BCUT2D eigenvalue weighted by Crippen LogP contribution is 2.46. The van der Waals surface area contributed by atoms with Crippen LogP contribution in [0.1, 0.15) is 431 Å². The fourth-order valence-corrected chi connectivity index (χ4v) is 21.8. The summed E-state index contributed by atoms with van der Waals surface area (Å²) in [4.78, 5) is 98.9. The summed E-state index contributed by atoms with van der Waals surface area (Å²) in [5, 5.41) is 0. The van der Waals surface area contributed by atoms with Crippen molar-refractivity contribution in [2.75, 3.05) is 126 Å². The van der Waals surface area contributed by atoms with Crippen molar-refractivity contribution in [2.45, 2.75) is 431 Å². The number of amides is 7. The van der Waals surface area contributed by atoms with Crippen LogP contribution in [0.5, 0.6) is 0 Å². The molecule has 132 heavy (non-hydrogen) atoms. The van der Waals surface area contributed by atoms with Gasteiger partial charge in [0.2, 0.25) is 41.4 Å². The average Bonchev–Trinajstić information content (AvgIpc) is 0.843. The maximum Gasteiger partial charge on any atom is 0.236 e. The molecular weight excluding hydrogens is 1630 g/mol. The Morgan fingerprint density at radius 3 is 0.689 bits per heavy atom. The summed E-state index contributed by atoms with van der Waals surface area (Å²) >= 11 is 0. The molecule has 8 rings (SSSR count). The van der Waals surface area contributed by atoms with Crippen molar-refractivity contribution in [1.29, 1.82) is 0 Å². The monoisotopic (exact) mass is 1860 g/mol. The Morgan fingerprint density at radius 1 is 0.280 bits per heavy atom. The number of hydrogen-bond acceptors (Lipinski definition) is 9. The van der Waals surface area contributed by atoms with Crippen molar-refractivity contribution in [2.24, 2.45) is 149 Å². The van der Waals surface area contributed by atoms with Crippen molar-refractivity contribution >= 4 is 41.4 Å². The summed E-state index contributed by atoms with van der Waals surface area (Å²) in [6.07, 6.45) is 27.6. The van der Waals surface area contributed by atoms with E-state index in [1.54, 1.807) is 7.11 Å². The fraction of sp³-hybridized carbons (Fsp3) is 0.940. The van der Waals surface area contributed by atoms with Gasteiger partial charge in [0.05, 0.1) is 19.6 Å². The number of hydrogen-bond donors (Lipinski definition) is 0. The molecule has 0 aromatic heterocycles. The van der Waals surface area contributed by atoms with E-state index in [4.69, 9.17) is 4.74 Å². The normalized spacial score (nSPS) is 20.9. The third-order valence-corrected chi connectivity index (χ3v) is 34.4. The molecule has 7 heterocycles. The Morgan fingerprint density at radius 2 is 0.492 bits per heavy atom. The molecule has 0 bridgehead atoms. The molecule has 8 fully saturated rings. The lowest BCUT2D eigenvalue weighted by atomic mass is 9.69. The lowest BCUT2D eigenvalue weighted by molar-refractivity contribution is -0.141. The van der Waals surface area contributed by atoms with Gasteiger partial charge in [-0.25, -0.2) is 0 Å². The smallest absolute Gasteiger partial charge is 0.236 e. The van der Waals surface area contributed by atoms with Gasteiger partial charge >= 0.3 is 0 Å². The van der Waals surface area contributed by atoms with Crippen LogP contribution in [0.2, 0.25) is 0 Å². The van der Waals surface area contributed by atoms with E-state index in [-0.39, 0.29) is 23.1 Å². The van der Waals surface area contributed by atoms with Gasteiger partial charge in [-0.3, -0.25) is 33.6 Å². The van der Waals surface area contributed by atoms with E-state index in [1.807, 2.05) is 98.9 Å². The molecule has 0 spiro atoms. The van der Waals surface area contributed by atoms with Crippen molar-refractivity contribution in [3.8, 4) is 0 Å². The van der Waals surface area contributed by atoms with E-state index in [9.17, 15) is 33.6 Å². The highest BCUT2D eigenvalue weighted by atomic mass is 16.5. The molecule has 3 unspecified atom stereocenters. The van der Waals surface area contributed by atoms with E-state index in [1.165, 1.54) is 103 Å². The quantitative estimate of drug-likeness (QED) is 0.130. The van der Waals surface area contributed by atoms with Gasteiger partial charge in [-0.15, -0.1) is 0 Å². The van der Waals surface area contributed by atoms with E-state index < -0.39 is 0 Å². The molecule has 0 aromatic rings. The Bertz CT molecular complexity index is 3060. The standard InChI is InChI=1S/C16H31NO2.C16H31NO.C15H30N2O.C15H29NO.3C14H27NO.C12H24/c1-6-14(16(2,3)4)13-7-10-17(11-8-13)15(18)9-12-19-5;1-12(15(2,3)4)13-8-10-17(11-9-13)14(18)16(5,6)7;1-12(15(2,3)4)13-7-9-17(10-8-13)14(18)11-16(5)6;1-11(2)14(17)16-9-7-13(8-10-16)12(3)15(4,5)6;3*1-6-13(16)15-9-7-12(8-10-15)11(2)14(3,4)5;1-10(12(2,3)4)11-8-6-5-7-9-11/h13-14H,6-12H2,1-5H3;12-13H,8-11H2,1-7H3;12-13H,7-11H2,1-6H3;11-13H,7-10H2,1-6H3;3*11-12H,6-10H2,1-5H3;10-11H,5-9H2,1-4H3/t;12-;;12-;2*11-;;10-/m.1.111.1/s1. The molecule has 1 saturated carbocycles. The minimum Gasteiger partial charge on any atom is -0.384 e. The van der Waals surface area contributed by atoms with Gasteiger partial charge in [-0.1, -0.05) is 315 Å². The van der Waals surface area contributed by atoms with Crippen LogP contribution >= 0.6 is 0 Å². The molecule has 8 aliphatic rings. The van der Waals surface area contributed by atoms with Gasteiger partial charge < -0.3 is 43.9 Å². The van der Waals surface area contributed by atoms with Gasteiger partial charge in [-0.2, -0.15) is 0 Å². The lowest BCUT2D eigenvalue weighted by Gasteiger charge is -2.41. The fourth-order valence-electron chi connectivity index (χ4n) is 21.8. The maximum atomic E-state index is 12.2. The number of likely N-dealkylation sites (N-methyl/N-ethyl adjacent to an activating group) is 1. The van der Waals surface area contributed by atoms with Crippen LogP contribution in [0.3, 0.4) is 0 Å². The van der Waals surface area contributed by atoms with Crippen LogP contribution in [0.25, 0.3) is 0 Å². The molecule has 7 saturated heterocycles. The number of nitrogens with zero attached hydrogens (tertiary/aromatic N) is 8. The number of likely N-dealkylation sites (tertiary alicyclic amines) is 7. The van der Waals surface area contributed by atoms with Crippen molar-refractivity contribution in [3.63, 3.8) is 0 Å². The highest BCUT2D eigenvalue weighted by molar-refractivity contribution is 5.82. The number of carbonyl (C=O) groups is 7. The lowest BCUT2D eigenvalue weighted by Crippen LogP contribution is -2.45. The summed E-state index contributed by atoms with van der Waals surface area (Å²) in [6.45, 7) is 105.